The average molecular weight is 360 g/mol. The SMILES string of the molecule is N=C(N)Sc1cn(Cc2ccc(Br)cc2)c2ccccc12. The first-order valence-electron chi connectivity index (χ1n) is 6.47. The molecule has 0 aliphatic carbocycles. The van der Waals surface area contributed by atoms with Crippen molar-refractivity contribution in [2.75, 3.05) is 0 Å². The Morgan fingerprint density at radius 2 is 1.86 bits per heavy atom. The molecule has 0 spiro atoms. The van der Waals surface area contributed by atoms with Gasteiger partial charge in [-0.15, -0.1) is 0 Å². The molecule has 21 heavy (non-hydrogen) atoms. The van der Waals surface area contributed by atoms with E-state index in [9.17, 15) is 0 Å². The Morgan fingerprint density at radius 3 is 2.57 bits per heavy atom. The van der Waals surface area contributed by atoms with Crippen LogP contribution in [0.5, 0.6) is 0 Å². The molecular weight excluding hydrogens is 346 g/mol. The van der Waals surface area contributed by atoms with Gasteiger partial charge >= 0.3 is 0 Å². The lowest BCUT2D eigenvalue weighted by Crippen LogP contribution is -2.02. The third-order valence-electron chi connectivity index (χ3n) is 3.24. The van der Waals surface area contributed by atoms with Crippen molar-refractivity contribution < 1.29 is 0 Å². The van der Waals surface area contributed by atoms with E-state index in [1.807, 2.05) is 24.3 Å². The fourth-order valence-corrected chi connectivity index (χ4v) is 3.29. The monoisotopic (exact) mass is 359 g/mol. The largest absolute Gasteiger partial charge is 0.378 e. The number of benzene rings is 2. The maximum Gasteiger partial charge on any atom is 0.156 e. The molecule has 5 heteroatoms. The number of amidine groups is 1. The fourth-order valence-electron chi connectivity index (χ4n) is 2.33. The Kier molecular flexibility index (Phi) is 4.03. The Balaban J connectivity index is 2.01. The van der Waals surface area contributed by atoms with E-state index in [0.29, 0.717) is 0 Å². The van der Waals surface area contributed by atoms with Crippen LogP contribution in [-0.4, -0.2) is 9.73 Å². The van der Waals surface area contributed by atoms with E-state index in [4.69, 9.17) is 11.1 Å². The zero-order valence-electron chi connectivity index (χ0n) is 11.2. The van der Waals surface area contributed by atoms with Crippen LogP contribution in [0.4, 0.5) is 0 Å². The summed E-state index contributed by atoms with van der Waals surface area (Å²) in [6.07, 6.45) is 2.07. The van der Waals surface area contributed by atoms with Crippen molar-refractivity contribution in [1.29, 1.82) is 5.41 Å². The molecule has 0 radical (unpaired) electrons. The van der Waals surface area contributed by atoms with Crippen LogP contribution in [0.1, 0.15) is 5.56 Å². The summed E-state index contributed by atoms with van der Waals surface area (Å²) in [7, 11) is 0. The Hall–Kier alpha value is -1.72. The molecule has 3 N–H and O–H groups in total. The van der Waals surface area contributed by atoms with E-state index < -0.39 is 0 Å². The number of para-hydroxylation sites is 1. The number of nitrogens with two attached hydrogens (primary N) is 1. The predicted octanol–water partition coefficient (Wildman–Crippen LogP) is 4.44. The first-order valence-corrected chi connectivity index (χ1v) is 8.08. The van der Waals surface area contributed by atoms with E-state index >= 15 is 0 Å². The van der Waals surface area contributed by atoms with Crippen LogP contribution in [0, 0.1) is 5.41 Å². The standard InChI is InChI=1S/C16H14BrN3S/c17-12-7-5-11(6-8-12)9-20-10-15(21-16(18)19)13-3-1-2-4-14(13)20/h1-8,10H,9H2,(H3,18,19). The predicted molar refractivity (Wildman–Crippen MR) is 93.0 cm³/mol. The second kappa shape index (κ2) is 5.95. The minimum Gasteiger partial charge on any atom is -0.378 e. The Morgan fingerprint density at radius 1 is 1.14 bits per heavy atom. The molecule has 0 fully saturated rings. The minimum atomic E-state index is 0.113. The summed E-state index contributed by atoms with van der Waals surface area (Å²) in [6, 6.07) is 16.5. The van der Waals surface area contributed by atoms with Gasteiger partial charge in [0.15, 0.2) is 5.17 Å². The zero-order valence-corrected chi connectivity index (χ0v) is 13.6. The fraction of sp³-hybridized carbons (Fsp3) is 0.0625. The molecule has 0 amide bonds. The highest BCUT2D eigenvalue weighted by Gasteiger charge is 2.10. The van der Waals surface area contributed by atoms with Crippen LogP contribution >= 0.6 is 27.7 Å². The van der Waals surface area contributed by atoms with Gasteiger partial charge in [0.25, 0.3) is 0 Å². The van der Waals surface area contributed by atoms with E-state index in [1.165, 1.54) is 17.3 Å². The molecule has 106 valence electrons. The summed E-state index contributed by atoms with van der Waals surface area (Å²) in [4.78, 5) is 1.02. The van der Waals surface area contributed by atoms with E-state index in [-0.39, 0.29) is 5.17 Å². The summed E-state index contributed by atoms with van der Waals surface area (Å²) in [6.45, 7) is 0.798. The Labute approximate surface area is 135 Å². The molecule has 3 rings (SSSR count). The number of rotatable bonds is 3. The summed E-state index contributed by atoms with van der Waals surface area (Å²) in [5.74, 6) is 0. The van der Waals surface area contributed by atoms with Gasteiger partial charge in [-0.05, 0) is 23.8 Å². The Bertz CT molecular complexity index is 793. The van der Waals surface area contributed by atoms with Gasteiger partial charge in [0.05, 0.1) is 0 Å². The van der Waals surface area contributed by atoms with Gasteiger partial charge in [0.1, 0.15) is 0 Å². The normalized spacial score (nSPS) is 10.9. The maximum atomic E-state index is 7.49. The van der Waals surface area contributed by atoms with Gasteiger partial charge in [0.2, 0.25) is 0 Å². The molecule has 0 bridgehead atoms. The number of aromatic nitrogens is 1. The number of hydrogen-bond acceptors (Lipinski definition) is 2. The van der Waals surface area contributed by atoms with Crippen LogP contribution in [-0.2, 0) is 6.54 Å². The van der Waals surface area contributed by atoms with Gasteiger partial charge in [0, 0.05) is 33.0 Å². The number of nitrogens with zero attached hydrogens (tertiary/aromatic N) is 1. The molecule has 1 heterocycles. The molecule has 2 aromatic carbocycles. The molecule has 3 aromatic rings. The zero-order chi connectivity index (χ0) is 14.8. The molecule has 0 atom stereocenters. The molecule has 0 unspecified atom stereocenters. The molecule has 0 saturated heterocycles. The highest BCUT2D eigenvalue weighted by atomic mass is 79.9. The lowest BCUT2D eigenvalue weighted by Gasteiger charge is -2.05. The lowest BCUT2D eigenvalue weighted by atomic mass is 10.2. The molecule has 1 aromatic heterocycles. The van der Waals surface area contributed by atoms with Crippen molar-refractivity contribution in [3.8, 4) is 0 Å². The first-order chi connectivity index (χ1) is 10.1. The number of hydrogen-bond donors (Lipinski definition) is 2. The van der Waals surface area contributed by atoms with Gasteiger partial charge in [-0.1, -0.05) is 58.0 Å². The smallest absolute Gasteiger partial charge is 0.156 e. The number of fused-ring (bicyclic) bond motifs is 1. The first kappa shape index (κ1) is 14.2. The summed E-state index contributed by atoms with van der Waals surface area (Å²) in [5, 5.41) is 8.73. The van der Waals surface area contributed by atoms with Gasteiger partial charge < -0.3 is 10.3 Å². The highest BCUT2D eigenvalue weighted by Crippen LogP contribution is 2.30. The molecule has 3 nitrogen and oxygen atoms in total. The van der Waals surface area contributed by atoms with Crippen LogP contribution in [0.15, 0.2) is 64.1 Å². The second-order valence-corrected chi connectivity index (χ2v) is 6.73. The van der Waals surface area contributed by atoms with Crippen LogP contribution in [0.3, 0.4) is 0 Å². The van der Waals surface area contributed by atoms with Crippen molar-refractivity contribution in [3.63, 3.8) is 0 Å². The number of thioether (sulfide) groups is 1. The summed E-state index contributed by atoms with van der Waals surface area (Å²) >= 11 is 4.75. The van der Waals surface area contributed by atoms with E-state index in [0.717, 1.165) is 26.8 Å². The quantitative estimate of drug-likeness (QED) is 0.412. The molecule has 0 aliphatic heterocycles. The van der Waals surface area contributed by atoms with Crippen molar-refractivity contribution in [2.24, 2.45) is 5.73 Å². The minimum absolute atomic E-state index is 0.113. The third-order valence-corrected chi connectivity index (χ3v) is 4.53. The maximum absolute atomic E-state index is 7.49. The van der Waals surface area contributed by atoms with Crippen molar-refractivity contribution >= 4 is 43.8 Å². The average Bonchev–Trinajstić information content (AvgIpc) is 2.79. The number of nitrogens with one attached hydrogen (secondary N) is 1. The molecular formula is C16H14BrN3S. The highest BCUT2D eigenvalue weighted by molar-refractivity contribution is 9.10. The van der Waals surface area contributed by atoms with Crippen molar-refractivity contribution in [2.45, 2.75) is 11.4 Å². The van der Waals surface area contributed by atoms with Gasteiger partial charge in [-0.25, -0.2) is 0 Å². The van der Waals surface area contributed by atoms with Crippen molar-refractivity contribution in [1.82, 2.24) is 4.57 Å². The van der Waals surface area contributed by atoms with E-state index in [2.05, 4.69) is 51.0 Å². The molecule has 0 saturated carbocycles. The number of halogens is 1. The third kappa shape index (κ3) is 3.14. The lowest BCUT2D eigenvalue weighted by molar-refractivity contribution is 0.830. The van der Waals surface area contributed by atoms with E-state index in [1.54, 1.807) is 0 Å². The van der Waals surface area contributed by atoms with Gasteiger partial charge in [-0.2, -0.15) is 0 Å². The van der Waals surface area contributed by atoms with Crippen LogP contribution in [0.2, 0.25) is 0 Å². The van der Waals surface area contributed by atoms with Crippen LogP contribution in [0.25, 0.3) is 10.9 Å². The summed E-state index contributed by atoms with van der Waals surface area (Å²) < 4.78 is 3.28. The van der Waals surface area contributed by atoms with Crippen molar-refractivity contribution in [3.05, 3.63) is 64.8 Å². The molecule has 0 aliphatic rings. The summed E-state index contributed by atoms with van der Waals surface area (Å²) in [5.41, 5.74) is 7.92. The van der Waals surface area contributed by atoms with Crippen LogP contribution < -0.4 is 5.73 Å². The topological polar surface area (TPSA) is 54.8 Å². The second-order valence-electron chi connectivity index (χ2n) is 4.73. The van der Waals surface area contributed by atoms with Gasteiger partial charge in [-0.3, -0.25) is 5.41 Å².